The maximum atomic E-state index is 12.1. The van der Waals surface area contributed by atoms with Crippen LogP contribution in [-0.2, 0) is 14.3 Å². The van der Waals surface area contributed by atoms with E-state index in [9.17, 15) is 14.4 Å². The Labute approximate surface area is 151 Å². The molecule has 0 spiro atoms. The number of carbonyl (C=O) groups excluding carboxylic acids is 3. The van der Waals surface area contributed by atoms with Crippen molar-refractivity contribution in [3.05, 3.63) is 71.3 Å². The molecule has 2 aromatic carbocycles. The fraction of sp³-hybridized carbons (Fsp3) is 0.150. The molecule has 0 saturated carbocycles. The molecule has 2 rings (SSSR count). The molecule has 6 nitrogen and oxygen atoms in total. The highest BCUT2D eigenvalue weighted by molar-refractivity contribution is 6.06. The van der Waals surface area contributed by atoms with Gasteiger partial charge in [-0.3, -0.25) is 14.9 Å². The van der Waals surface area contributed by atoms with E-state index in [0.29, 0.717) is 5.75 Å². The Morgan fingerprint density at radius 3 is 2.58 bits per heavy atom. The van der Waals surface area contributed by atoms with Crippen molar-refractivity contribution in [3.8, 4) is 5.75 Å². The molecule has 0 unspecified atom stereocenters. The number of hydrogen-bond acceptors (Lipinski definition) is 5. The highest BCUT2D eigenvalue weighted by Crippen LogP contribution is 2.16. The molecule has 0 radical (unpaired) electrons. The lowest BCUT2D eigenvalue weighted by Crippen LogP contribution is -2.34. The summed E-state index contributed by atoms with van der Waals surface area (Å²) in [5, 5.41) is 2.15. The van der Waals surface area contributed by atoms with E-state index < -0.39 is 24.4 Å². The normalized spacial score (nSPS) is 10.4. The summed E-state index contributed by atoms with van der Waals surface area (Å²) in [5.41, 5.74) is 2.13. The number of amides is 2. The zero-order valence-corrected chi connectivity index (χ0v) is 14.5. The second-order valence-corrected chi connectivity index (χ2v) is 5.43. The fourth-order valence-electron chi connectivity index (χ4n) is 2.19. The number of imide groups is 1. The Morgan fingerprint density at radius 2 is 1.85 bits per heavy atom. The molecule has 134 valence electrons. The van der Waals surface area contributed by atoms with Gasteiger partial charge in [0, 0.05) is 6.08 Å². The van der Waals surface area contributed by atoms with E-state index in [1.165, 1.54) is 19.3 Å². The van der Waals surface area contributed by atoms with Gasteiger partial charge in [0.15, 0.2) is 6.61 Å². The topological polar surface area (TPSA) is 81.7 Å². The zero-order valence-electron chi connectivity index (χ0n) is 14.5. The van der Waals surface area contributed by atoms with E-state index in [-0.39, 0.29) is 5.56 Å². The number of rotatable bonds is 6. The average molecular weight is 353 g/mol. The summed E-state index contributed by atoms with van der Waals surface area (Å²) in [6, 6.07) is 14.1. The minimum atomic E-state index is -0.724. The van der Waals surface area contributed by atoms with Crippen molar-refractivity contribution in [2.24, 2.45) is 0 Å². The third-order valence-corrected chi connectivity index (χ3v) is 3.40. The predicted octanol–water partition coefficient (Wildman–Crippen LogP) is 2.52. The lowest BCUT2D eigenvalue weighted by Gasteiger charge is -2.08. The minimum Gasteiger partial charge on any atom is -0.496 e. The quantitative estimate of drug-likeness (QED) is 0.637. The van der Waals surface area contributed by atoms with Crippen molar-refractivity contribution in [2.45, 2.75) is 6.92 Å². The molecule has 0 aliphatic heterocycles. The van der Waals surface area contributed by atoms with E-state index in [4.69, 9.17) is 9.47 Å². The van der Waals surface area contributed by atoms with E-state index in [1.807, 2.05) is 31.2 Å². The minimum absolute atomic E-state index is 0.217. The molecule has 0 heterocycles. The van der Waals surface area contributed by atoms with Crippen LogP contribution in [0.1, 0.15) is 21.5 Å². The van der Waals surface area contributed by atoms with Crippen LogP contribution in [0.25, 0.3) is 6.08 Å². The van der Waals surface area contributed by atoms with Crippen molar-refractivity contribution >= 4 is 23.9 Å². The smallest absolute Gasteiger partial charge is 0.331 e. The molecule has 6 heteroatoms. The monoisotopic (exact) mass is 353 g/mol. The standard InChI is InChI=1S/C20H19NO5/c1-14-6-5-7-15(12-14)10-11-19(23)26-13-18(22)21-20(24)16-8-3-4-9-17(16)25-2/h3-12H,13H2,1-2H3,(H,21,22,24)/b11-10+. The Hall–Kier alpha value is -3.41. The third-order valence-electron chi connectivity index (χ3n) is 3.40. The van der Waals surface area contributed by atoms with Gasteiger partial charge in [0.05, 0.1) is 12.7 Å². The molecule has 2 aromatic rings. The van der Waals surface area contributed by atoms with E-state index >= 15 is 0 Å². The number of carbonyl (C=O) groups is 3. The maximum absolute atomic E-state index is 12.1. The van der Waals surface area contributed by atoms with E-state index in [0.717, 1.165) is 11.1 Å². The third kappa shape index (κ3) is 5.59. The SMILES string of the molecule is COc1ccccc1C(=O)NC(=O)COC(=O)/C=C/c1cccc(C)c1. The van der Waals surface area contributed by atoms with Crippen molar-refractivity contribution in [2.75, 3.05) is 13.7 Å². The summed E-state index contributed by atoms with van der Waals surface area (Å²) in [5.74, 6) is -1.68. The van der Waals surface area contributed by atoms with Crippen LogP contribution in [0.4, 0.5) is 0 Å². The van der Waals surface area contributed by atoms with Crippen LogP contribution in [0.5, 0.6) is 5.75 Å². The molecule has 0 fully saturated rings. The highest BCUT2D eigenvalue weighted by atomic mass is 16.5. The number of ether oxygens (including phenoxy) is 2. The zero-order chi connectivity index (χ0) is 18.9. The van der Waals surface area contributed by atoms with Crippen LogP contribution in [0.2, 0.25) is 0 Å². The van der Waals surface area contributed by atoms with Gasteiger partial charge in [-0.15, -0.1) is 0 Å². The molecule has 0 aliphatic carbocycles. The van der Waals surface area contributed by atoms with Gasteiger partial charge in [0.1, 0.15) is 5.75 Å². The van der Waals surface area contributed by atoms with Crippen molar-refractivity contribution in [1.82, 2.24) is 5.32 Å². The van der Waals surface area contributed by atoms with Gasteiger partial charge in [0.2, 0.25) is 0 Å². The molecule has 0 atom stereocenters. The molecular formula is C20H19NO5. The van der Waals surface area contributed by atoms with Gasteiger partial charge in [-0.2, -0.15) is 0 Å². The number of nitrogens with one attached hydrogen (secondary N) is 1. The number of methoxy groups -OCH3 is 1. The summed E-state index contributed by atoms with van der Waals surface area (Å²) in [6.45, 7) is 1.39. The molecular weight excluding hydrogens is 334 g/mol. The summed E-state index contributed by atoms with van der Waals surface area (Å²) in [6.07, 6.45) is 2.82. The summed E-state index contributed by atoms with van der Waals surface area (Å²) in [4.78, 5) is 35.5. The van der Waals surface area contributed by atoms with Gasteiger partial charge in [-0.25, -0.2) is 4.79 Å². The number of hydrogen-bond donors (Lipinski definition) is 1. The van der Waals surface area contributed by atoms with Crippen LogP contribution in [-0.4, -0.2) is 31.5 Å². The van der Waals surface area contributed by atoms with Gasteiger partial charge >= 0.3 is 5.97 Å². The Kier molecular flexibility index (Phi) is 6.68. The van der Waals surface area contributed by atoms with Crippen LogP contribution in [0.3, 0.4) is 0 Å². The average Bonchev–Trinajstić information content (AvgIpc) is 2.64. The maximum Gasteiger partial charge on any atom is 0.331 e. The first-order valence-corrected chi connectivity index (χ1v) is 7.88. The van der Waals surface area contributed by atoms with Crippen molar-refractivity contribution < 1.29 is 23.9 Å². The number of aryl methyl sites for hydroxylation is 1. The molecule has 2 amide bonds. The van der Waals surface area contributed by atoms with Gasteiger partial charge in [-0.1, -0.05) is 42.0 Å². The lowest BCUT2D eigenvalue weighted by molar-refractivity contribution is -0.143. The Morgan fingerprint density at radius 1 is 1.08 bits per heavy atom. The van der Waals surface area contributed by atoms with Gasteiger partial charge in [-0.05, 0) is 30.7 Å². The number of para-hydroxylation sites is 1. The van der Waals surface area contributed by atoms with Crippen LogP contribution >= 0.6 is 0 Å². The molecule has 0 saturated heterocycles. The van der Waals surface area contributed by atoms with Gasteiger partial charge in [0.25, 0.3) is 11.8 Å². The summed E-state index contributed by atoms with van der Waals surface area (Å²) in [7, 11) is 1.43. The molecule has 0 aromatic heterocycles. The first-order valence-electron chi connectivity index (χ1n) is 7.88. The second-order valence-electron chi connectivity index (χ2n) is 5.43. The number of benzene rings is 2. The molecule has 26 heavy (non-hydrogen) atoms. The molecule has 0 bridgehead atoms. The van der Waals surface area contributed by atoms with Crippen molar-refractivity contribution in [3.63, 3.8) is 0 Å². The first-order chi connectivity index (χ1) is 12.5. The first kappa shape index (κ1) is 18.9. The lowest BCUT2D eigenvalue weighted by atomic mass is 10.1. The predicted molar refractivity (Wildman–Crippen MR) is 96.6 cm³/mol. The van der Waals surface area contributed by atoms with Crippen LogP contribution in [0, 0.1) is 6.92 Å². The number of esters is 1. The fourth-order valence-corrected chi connectivity index (χ4v) is 2.19. The molecule has 0 aliphatic rings. The van der Waals surface area contributed by atoms with Crippen molar-refractivity contribution in [1.29, 1.82) is 0 Å². The van der Waals surface area contributed by atoms with Crippen LogP contribution < -0.4 is 10.1 Å². The van der Waals surface area contributed by atoms with E-state index in [2.05, 4.69) is 5.32 Å². The largest absolute Gasteiger partial charge is 0.496 e. The highest BCUT2D eigenvalue weighted by Gasteiger charge is 2.15. The Bertz CT molecular complexity index is 842. The van der Waals surface area contributed by atoms with Crippen LogP contribution in [0.15, 0.2) is 54.6 Å². The summed E-state index contributed by atoms with van der Waals surface area (Å²) < 4.78 is 9.89. The molecule has 1 N–H and O–H groups in total. The Balaban J connectivity index is 1.84. The summed E-state index contributed by atoms with van der Waals surface area (Å²) >= 11 is 0. The second kappa shape index (κ2) is 9.17. The van der Waals surface area contributed by atoms with E-state index in [1.54, 1.807) is 24.3 Å². The van der Waals surface area contributed by atoms with Gasteiger partial charge < -0.3 is 9.47 Å².